The van der Waals surface area contributed by atoms with Gasteiger partial charge in [-0.05, 0) is 54.1 Å². The smallest absolute Gasteiger partial charge is 0.339 e. The maximum Gasteiger partial charge on any atom is 0.339 e. The summed E-state index contributed by atoms with van der Waals surface area (Å²) in [4.78, 5) is 15.9. The zero-order chi connectivity index (χ0) is 19.0. The minimum Gasteiger partial charge on any atom is -0.871 e. The van der Waals surface area contributed by atoms with Crippen LogP contribution in [-0.4, -0.2) is 48.8 Å². The second-order valence-corrected chi connectivity index (χ2v) is 6.35. The molecule has 0 fully saturated rings. The molecule has 0 aliphatic heterocycles. The minimum atomic E-state index is -0.831. The molecular weight excluding hydrogens is 463 g/mol. The van der Waals surface area contributed by atoms with Crippen LogP contribution in [0, 0.1) is 3.57 Å². The highest BCUT2D eigenvalue weighted by molar-refractivity contribution is 14.1. The lowest BCUT2D eigenvalue weighted by molar-refractivity contribution is -0.244. The first-order valence-corrected chi connectivity index (χ1v) is 8.97. The molecule has 0 unspecified atom stereocenters. The minimum absolute atomic E-state index is 0.0205. The SMILES string of the molecule is CCOC(=O)C(C=NCCO)=C([O-])c1cc(I)cc(N(O)CC)c1Cl. The summed E-state index contributed by atoms with van der Waals surface area (Å²) in [7, 11) is 0. The molecule has 1 aromatic rings. The van der Waals surface area contributed by atoms with Crippen LogP contribution in [0.15, 0.2) is 22.7 Å². The highest BCUT2D eigenvalue weighted by Gasteiger charge is 2.16. The predicted molar refractivity (Wildman–Crippen MR) is 103 cm³/mol. The van der Waals surface area contributed by atoms with Gasteiger partial charge in [0.25, 0.3) is 0 Å². The van der Waals surface area contributed by atoms with Crippen LogP contribution < -0.4 is 10.2 Å². The van der Waals surface area contributed by atoms with Gasteiger partial charge in [-0.15, -0.1) is 0 Å². The van der Waals surface area contributed by atoms with E-state index in [1.54, 1.807) is 19.9 Å². The van der Waals surface area contributed by atoms with Crippen LogP contribution in [0.25, 0.3) is 5.76 Å². The summed E-state index contributed by atoms with van der Waals surface area (Å²) in [5.41, 5.74) is 0.00984. The Morgan fingerprint density at radius 2 is 2.16 bits per heavy atom. The van der Waals surface area contributed by atoms with Crippen molar-refractivity contribution >= 4 is 57.8 Å². The maximum atomic E-state index is 12.8. The molecule has 0 spiro atoms. The van der Waals surface area contributed by atoms with E-state index < -0.39 is 11.7 Å². The number of ether oxygens (including phenoxy) is 1. The molecule has 0 aliphatic rings. The van der Waals surface area contributed by atoms with Gasteiger partial charge >= 0.3 is 5.97 Å². The molecule has 138 valence electrons. The number of halogens is 2. The highest BCUT2D eigenvalue weighted by atomic mass is 127. The summed E-state index contributed by atoms with van der Waals surface area (Å²) in [6, 6.07) is 3.13. The number of aliphatic hydroxyl groups excluding tert-OH is 1. The Kier molecular flexibility index (Phi) is 9.19. The van der Waals surface area contributed by atoms with E-state index in [-0.39, 0.29) is 48.1 Å². The standard InChI is InChI=1S/C16H20ClIN2O5/c1-3-20(24)13-8-10(18)7-11(14(13)17)15(22)12(9-19-5-6-21)16(23)25-4-2/h7-9,21-22,24H,3-6H2,1-2H3/p-1. The molecule has 9 heteroatoms. The van der Waals surface area contributed by atoms with Crippen LogP contribution in [0.4, 0.5) is 5.69 Å². The summed E-state index contributed by atoms with van der Waals surface area (Å²) in [6.07, 6.45) is 1.07. The summed E-state index contributed by atoms with van der Waals surface area (Å²) in [5, 5.41) is 32.5. The summed E-state index contributed by atoms with van der Waals surface area (Å²) < 4.78 is 5.55. The van der Waals surface area contributed by atoms with Gasteiger partial charge in [0.05, 0.1) is 36.0 Å². The normalized spacial score (nSPS) is 12.2. The second-order valence-electron chi connectivity index (χ2n) is 4.72. The van der Waals surface area contributed by atoms with Gasteiger partial charge in [-0.1, -0.05) is 17.4 Å². The molecule has 0 aliphatic carbocycles. The number of aliphatic hydroxyl groups is 1. The van der Waals surface area contributed by atoms with Crippen molar-refractivity contribution in [2.75, 3.05) is 31.4 Å². The van der Waals surface area contributed by atoms with Gasteiger partial charge in [-0.2, -0.15) is 0 Å². The van der Waals surface area contributed by atoms with Crippen molar-refractivity contribution in [2.24, 2.45) is 4.99 Å². The first-order valence-electron chi connectivity index (χ1n) is 7.52. The number of hydrogen-bond acceptors (Lipinski definition) is 7. The Balaban J connectivity index is 3.52. The molecule has 7 nitrogen and oxygen atoms in total. The first-order chi connectivity index (χ1) is 11.9. The number of benzene rings is 1. The number of hydroxylamine groups is 1. The van der Waals surface area contributed by atoms with Crippen molar-refractivity contribution in [3.8, 4) is 0 Å². The van der Waals surface area contributed by atoms with Crippen molar-refractivity contribution in [2.45, 2.75) is 13.8 Å². The van der Waals surface area contributed by atoms with Gasteiger partial charge in [0.15, 0.2) is 0 Å². The molecule has 0 atom stereocenters. The van der Waals surface area contributed by atoms with E-state index in [0.29, 0.717) is 3.57 Å². The van der Waals surface area contributed by atoms with E-state index in [2.05, 4.69) is 4.99 Å². The van der Waals surface area contributed by atoms with Crippen LogP contribution in [0.1, 0.15) is 19.4 Å². The van der Waals surface area contributed by atoms with E-state index >= 15 is 0 Å². The largest absolute Gasteiger partial charge is 0.871 e. The van der Waals surface area contributed by atoms with Crippen molar-refractivity contribution in [3.63, 3.8) is 0 Å². The van der Waals surface area contributed by atoms with Gasteiger partial charge in [0.1, 0.15) is 0 Å². The second kappa shape index (κ2) is 10.6. The molecule has 0 saturated heterocycles. The summed E-state index contributed by atoms with van der Waals surface area (Å²) in [6.45, 7) is 3.52. The van der Waals surface area contributed by atoms with Crippen molar-refractivity contribution in [3.05, 3.63) is 31.9 Å². The van der Waals surface area contributed by atoms with Gasteiger partial charge in [0.2, 0.25) is 0 Å². The Morgan fingerprint density at radius 1 is 1.48 bits per heavy atom. The third-order valence-corrected chi connectivity index (χ3v) is 4.05. The number of carbonyl (C=O) groups excluding carboxylic acids is 1. The zero-order valence-corrected chi connectivity index (χ0v) is 16.7. The van der Waals surface area contributed by atoms with E-state index in [4.69, 9.17) is 21.4 Å². The molecule has 2 N–H and O–H groups in total. The number of anilines is 1. The molecule has 0 bridgehead atoms. The number of hydrogen-bond donors (Lipinski definition) is 2. The van der Waals surface area contributed by atoms with E-state index in [0.717, 1.165) is 11.3 Å². The molecular formula is C16H19ClIN2O5-. The Labute approximate surface area is 164 Å². The van der Waals surface area contributed by atoms with E-state index in [1.165, 1.54) is 6.07 Å². The topological polar surface area (TPSA) is 105 Å². The molecule has 0 aromatic heterocycles. The average molecular weight is 482 g/mol. The summed E-state index contributed by atoms with van der Waals surface area (Å²) >= 11 is 8.24. The first kappa shape index (κ1) is 21.7. The van der Waals surface area contributed by atoms with Gasteiger partial charge in [-0.3, -0.25) is 15.3 Å². The third-order valence-electron chi connectivity index (χ3n) is 3.03. The average Bonchev–Trinajstić information content (AvgIpc) is 2.59. The molecule has 25 heavy (non-hydrogen) atoms. The van der Waals surface area contributed by atoms with E-state index in [9.17, 15) is 15.1 Å². The maximum absolute atomic E-state index is 12.8. The van der Waals surface area contributed by atoms with Gasteiger partial charge in [0, 0.05) is 16.3 Å². The lowest BCUT2D eigenvalue weighted by Crippen LogP contribution is -2.20. The van der Waals surface area contributed by atoms with Crippen molar-refractivity contribution in [1.29, 1.82) is 0 Å². The monoisotopic (exact) mass is 481 g/mol. The van der Waals surface area contributed by atoms with Gasteiger partial charge < -0.3 is 14.9 Å². The Morgan fingerprint density at radius 3 is 2.72 bits per heavy atom. The van der Waals surface area contributed by atoms with Gasteiger partial charge in [-0.25, -0.2) is 4.79 Å². The van der Waals surface area contributed by atoms with Crippen LogP contribution >= 0.6 is 34.2 Å². The molecule has 0 radical (unpaired) electrons. The number of rotatable bonds is 8. The van der Waals surface area contributed by atoms with Crippen LogP contribution in [0.3, 0.4) is 0 Å². The fourth-order valence-corrected chi connectivity index (χ4v) is 2.77. The Bertz CT molecular complexity index is 679. The third kappa shape index (κ3) is 5.84. The molecule has 0 amide bonds. The highest BCUT2D eigenvalue weighted by Crippen LogP contribution is 2.34. The lowest BCUT2D eigenvalue weighted by atomic mass is 10.1. The number of carbonyl (C=O) groups is 1. The Hall–Kier alpha value is -1.36. The number of esters is 1. The van der Waals surface area contributed by atoms with Crippen molar-refractivity contribution < 1.29 is 25.0 Å². The molecule has 1 aromatic carbocycles. The van der Waals surface area contributed by atoms with Crippen molar-refractivity contribution in [1.82, 2.24) is 0 Å². The van der Waals surface area contributed by atoms with Crippen LogP contribution in [0.2, 0.25) is 5.02 Å². The zero-order valence-electron chi connectivity index (χ0n) is 13.8. The lowest BCUT2D eigenvalue weighted by Gasteiger charge is -2.23. The van der Waals surface area contributed by atoms with E-state index in [1.807, 2.05) is 22.6 Å². The predicted octanol–water partition coefficient (Wildman–Crippen LogP) is 1.86. The summed E-state index contributed by atoms with van der Waals surface area (Å²) in [5.74, 6) is -1.50. The molecule has 1 rings (SSSR count). The van der Waals surface area contributed by atoms with Crippen LogP contribution in [-0.2, 0) is 9.53 Å². The number of nitrogens with zero attached hydrogens (tertiary/aromatic N) is 2. The molecule has 0 heterocycles. The number of aliphatic imine (C=N–C) groups is 1. The quantitative estimate of drug-likeness (QED) is 0.147. The van der Waals surface area contributed by atoms with Crippen LogP contribution in [0.5, 0.6) is 0 Å². The fourth-order valence-electron chi connectivity index (χ4n) is 1.87. The molecule has 0 saturated carbocycles. The fraction of sp³-hybridized carbons (Fsp3) is 0.375.